The van der Waals surface area contributed by atoms with Gasteiger partial charge >= 0.3 is 0 Å². The minimum Gasteiger partial charge on any atom is -0.486 e. The average molecular weight is 400 g/mol. The van der Waals surface area contributed by atoms with Crippen LogP contribution in [0, 0.1) is 13.8 Å². The average Bonchev–Trinajstić information content (AvgIpc) is 3.27. The van der Waals surface area contributed by atoms with Gasteiger partial charge in [0.25, 0.3) is 0 Å². The second kappa shape index (κ2) is 7.62. The number of hydrogen-bond acceptors (Lipinski definition) is 5. The molecule has 1 N–H and O–H groups in total. The fourth-order valence-electron chi connectivity index (χ4n) is 2.63. The number of thioether (sulfide) groups is 1. The number of nitrogens with zero attached hydrogens (tertiary/aromatic N) is 4. The van der Waals surface area contributed by atoms with E-state index in [1.807, 2.05) is 41.8 Å². The number of ether oxygens (including phenoxy) is 1. The smallest absolute Gasteiger partial charge is 0.208 e. The summed E-state index contributed by atoms with van der Waals surface area (Å²) in [6.07, 6.45) is 4.10. The van der Waals surface area contributed by atoms with Crippen molar-refractivity contribution in [3.63, 3.8) is 0 Å². The number of aromatic amines is 1. The zero-order chi connectivity index (χ0) is 18.8. The second-order valence-electron chi connectivity index (χ2n) is 6.26. The van der Waals surface area contributed by atoms with Gasteiger partial charge in [-0.1, -0.05) is 29.4 Å². The molecule has 3 aromatic heterocycles. The molecule has 0 aliphatic rings. The Labute approximate surface area is 165 Å². The molecule has 0 atom stereocenters. The predicted octanol–water partition coefficient (Wildman–Crippen LogP) is 4.59. The minimum absolute atomic E-state index is 0.322. The van der Waals surface area contributed by atoms with E-state index in [4.69, 9.17) is 16.3 Å². The number of halogens is 1. The Kier molecular flexibility index (Phi) is 5.05. The van der Waals surface area contributed by atoms with E-state index in [2.05, 4.69) is 39.4 Å². The molecule has 0 spiro atoms. The Morgan fingerprint density at radius 1 is 1.15 bits per heavy atom. The molecule has 27 heavy (non-hydrogen) atoms. The Morgan fingerprint density at radius 2 is 2.04 bits per heavy atom. The third-order valence-electron chi connectivity index (χ3n) is 4.01. The van der Waals surface area contributed by atoms with E-state index < -0.39 is 0 Å². The van der Waals surface area contributed by atoms with Crippen molar-refractivity contribution in [3.8, 4) is 5.75 Å². The van der Waals surface area contributed by atoms with Crippen LogP contribution in [0.15, 0.2) is 47.9 Å². The van der Waals surface area contributed by atoms with Crippen LogP contribution in [0.4, 0.5) is 0 Å². The van der Waals surface area contributed by atoms with Crippen LogP contribution in [0.25, 0.3) is 5.65 Å². The van der Waals surface area contributed by atoms with Gasteiger partial charge in [-0.3, -0.25) is 5.10 Å². The first-order valence-corrected chi connectivity index (χ1v) is 9.80. The molecule has 0 unspecified atom stereocenters. The summed E-state index contributed by atoms with van der Waals surface area (Å²) in [5.41, 5.74) is 4.11. The molecule has 3 heterocycles. The third-order valence-corrected chi connectivity index (χ3v) is 5.32. The number of benzene rings is 1. The number of aromatic nitrogens is 5. The van der Waals surface area contributed by atoms with E-state index >= 15 is 0 Å². The van der Waals surface area contributed by atoms with Gasteiger partial charge in [-0.25, -0.2) is 9.97 Å². The van der Waals surface area contributed by atoms with E-state index in [0.29, 0.717) is 23.3 Å². The normalized spacial score (nSPS) is 11.2. The number of aryl methyl sites for hydroxylation is 2. The van der Waals surface area contributed by atoms with Gasteiger partial charge in [-0.05, 0) is 49.2 Å². The predicted molar refractivity (Wildman–Crippen MR) is 106 cm³/mol. The topological polar surface area (TPSA) is 68.1 Å². The Bertz CT molecular complexity index is 1090. The van der Waals surface area contributed by atoms with Crippen LogP contribution < -0.4 is 4.74 Å². The standard InChI is InChI=1S/C19H18ClN5OS/c1-12-3-6-18-21-14(9-25(18)8-12)11-27-19-22-17(23-24-19)10-26-15-4-5-16(20)13(2)7-15/h3-9H,10-11H2,1-2H3,(H,22,23,24). The number of pyridine rings is 1. The summed E-state index contributed by atoms with van der Waals surface area (Å²) in [4.78, 5) is 9.07. The molecule has 0 fully saturated rings. The van der Waals surface area contributed by atoms with Crippen LogP contribution in [0.1, 0.15) is 22.6 Å². The number of nitrogens with one attached hydrogen (secondary N) is 1. The minimum atomic E-state index is 0.322. The first-order valence-electron chi connectivity index (χ1n) is 8.44. The molecular weight excluding hydrogens is 382 g/mol. The molecule has 0 aliphatic carbocycles. The van der Waals surface area contributed by atoms with Crippen LogP contribution in [-0.4, -0.2) is 24.6 Å². The van der Waals surface area contributed by atoms with Crippen molar-refractivity contribution >= 4 is 29.0 Å². The fraction of sp³-hybridized carbons (Fsp3) is 0.211. The molecule has 1 aromatic carbocycles. The number of fused-ring (bicyclic) bond motifs is 1. The summed E-state index contributed by atoms with van der Waals surface area (Å²) < 4.78 is 7.78. The van der Waals surface area contributed by atoms with Gasteiger partial charge in [0, 0.05) is 23.2 Å². The number of imidazole rings is 1. The largest absolute Gasteiger partial charge is 0.486 e. The molecule has 0 saturated heterocycles. The quantitative estimate of drug-likeness (QED) is 0.480. The molecule has 0 saturated carbocycles. The molecule has 4 rings (SSSR count). The molecule has 6 nitrogen and oxygen atoms in total. The molecule has 0 radical (unpaired) electrons. The first-order chi connectivity index (χ1) is 13.1. The van der Waals surface area contributed by atoms with E-state index in [1.165, 1.54) is 17.3 Å². The Hall–Kier alpha value is -2.51. The summed E-state index contributed by atoms with van der Waals surface area (Å²) in [5.74, 6) is 2.13. The molecule has 8 heteroatoms. The van der Waals surface area contributed by atoms with E-state index in [-0.39, 0.29) is 0 Å². The lowest BCUT2D eigenvalue weighted by atomic mass is 10.2. The molecule has 0 aliphatic heterocycles. The monoisotopic (exact) mass is 399 g/mol. The fourth-order valence-corrected chi connectivity index (χ4v) is 3.45. The van der Waals surface area contributed by atoms with E-state index in [0.717, 1.165) is 27.7 Å². The van der Waals surface area contributed by atoms with Crippen LogP contribution in [0.3, 0.4) is 0 Å². The molecule has 4 aromatic rings. The van der Waals surface area contributed by atoms with Crippen molar-refractivity contribution in [1.82, 2.24) is 24.6 Å². The summed E-state index contributed by atoms with van der Waals surface area (Å²) in [5, 5.41) is 8.55. The maximum atomic E-state index is 6.03. The first kappa shape index (κ1) is 17.9. The van der Waals surface area contributed by atoms with Crippen LogP contribution in [-0.2, 0) is 12.4 Å². The highest BCUT2D eigenvalue weighted by atomic mass is 35.5. The van der Waals surface area contributed by atoms with Crippen molar-refractivity contribution in [3.05, 3.63) is 70.4 Å². The lowest BCUT2D eigenvalue weighted by molar-refractivity contribution is 0.296. The summed E-state index contributed by atoms with van der Waals surface area (Å²) in [7, 11) is 0. The molecule has 138 valence electrons. The number of hydrogen-bond donors (Lipinski definition) is 1. The highest BCUT2D eigenvalue weighted by Gasteiger charge is 2.08. The van der Waals surface area contributed by atoms with Crippen molar-refractivity contribution in [2.45, 2.75) is 31.4 Å². The maximum absolute atomic E-state index is 6.03. The maximum Gasteiger partial charge on any atom is 0.208 e. The van der Waals surface area contributed by atoms with Gasteiger partial charge in [0.05, 0.1) is 5.69 Å². The van der Waals surface area contributed by atoms with Crippen LogP contribution in [0.2, 0.25) is 5.02 Å². The molecule has 0 bridgehead atoms. The van der Waals surface area contributed by atoms with Gasteiger partial charge in [-0.15, -0.1) is 5.10 Å². The lowest BCUT2D eigenvalue weighted by Gasteiger charge is -2.05. The zero-order valence-corrected chi connectivity index (χ0v) is 16.5. The van der Waals surface area contributed by atoms with Gasteiger partial charge < -0.3 is 9.14 Å². The Balaban J connectivity index is 1.35. The molecule has 0 amide bonds. The van der Waals surface area contributed by atoms with Gasteiger partial charge in [0.1, 0.15) is 18.0 Å². The van der Waals surface area contributed by atoms with Crippen molar-refractivity contribution in [2.24, 2.45) is 0 Å². The van der Waals surface area contributed by atoms with Crippen LogP contribution in [0.5, 0.6) is 5.75 Å². The van der Waals surface area contributed by atoms with Crippen molar-refractivity contribution < 1.29 is 4.74 Å². The zero-order valence-electron chi connectivity index (χ0n) is 14.9. The SMILES string of the molecule is Cc1ccc2nc(CSc3n[nH]c(COc4ccc(Cl)c(C)c4)n3)cn2c1. The number of H-pyrrole nitrogens is 1. The van der Waals surface area contributed by atoms with E-state index in [9.17, 15) is 0 Å². The van der Waals surface area contributed by atoms with Gasteiger partial charge in [0.2, 0.25) is 5.16 Å². The highest BCUT2D eigenvalue weighted by molar-refractivity contribution is 7.98. The second-order valence-corrected chi connectivity index (χ2v) is 7.61. The van der Waals surface area contributed by atoms with Crippen molar-refractivity contribution in [1.29, 1.82) is 0 Å². The molecular formula is C19H18ClN5OS. The summed E-state index contributed by atoms with van der Waals surface area (Å²) in [6, 6.07) is 9.64. The van der Waals surface area contributed by atoms with Gasteiger partial charge in [-0.2, -0.15) is 0 Å². The third kappa shape index (κ3) is 4.26. The highest BCUT2D eigenvalue weighted by Crippen LogP contribution is 2.22. The summed E-state index contributed by atoms with van der Waals surface area (Å²) in [6.45, 7) is 4.33. The number of rotatable bonds is 6. The lowest BCUT2D eigenvalue weighted by Crippen LogP contribution is -1.98. The van der Waals surface area contributed by atoms with Crippen molar-refractivity contribution in [2.75, 3.05) is 0 Å². The Morgan fingerprint density at radius 3 is 2.89 bits per heavy atom. The van der Waals surface area contributed by atoms with Crippen LogP contribution >= 0.6 is 23.4 Å². The van der Waals surface area contributed by atoms with Gasteiger partial charge in [0.15, 0.2) is 5.82 Å². The van der Waals surface area contributed by atoms with E-state index in [1.54, 1.807) is 0 Å². The summed E-state index contributed by atoms with van der Waals surface area (Å²) >= 11 is 7.56.